The lowest BCUT2D eigenvalue weighted by atomic mass is 9.98. The van der Waals surface area contributed by atoms with Gasteiger partial charge >= 0.3 is 0 Å². The molecule has 2 saturated heterocycles. The Morgan fingerprint density at radius 3 is 3.07 bits per heavy atom. The quantitative estimate of drug-likeness (QED) is 0.661. The van der Waals surface area contributed by atoms with Crippen LogP contribution in [0.4, 0.5) is 0 Å². The van der Waals surface area contributed by atoms with Gasteiger partial charge in [0.1, 0.15) is 0 Å². The van der Waals surface area contributed by atoms with E-state index in [2.05, 4.69) is 17.3 Å². The van der Waals surface area contributed by atoms with E-state index in [4.69, 9.17) is 0 Å². The minimum Gasteiger partial charge on any atom is -0.328 e. The van der Waals surface area contributed by atoms with Crippen molar-refractivity contribution in [2.24, 2.45) is 5.92 Å². The Balaban J connectivity index is 1.81. The predicted octanol–water partition coefficient (Wildman–Crippen LogP) is -0.282. The van der Waals surface area contributed by atoms with Gasteiger partial charge in [-0.2, -0.15) is 0 Å². The topological polar surface area (TPSA) is 35.6 Å². The first-order valence-electron chi connectivity index (χ1n) is 5.43. The molecule has 2 aliphatic heterocycles. The van der Waals surface area contributed by atoms with Gasteiger partial charge in [-0.25, -0.2) is 0 Å². The van der Waals surface area contributed by atoms with E-state index in [1.807, 2.05) is 4.90 Å². The minimum absolute atomic E-state index is 0.262. The molecular weight excluding hydrogens is 178 g/mol. The summed E-state index contributed by atoms with van der Waals surface area (Å²) in [6, 6.07) is 0. The van der Waals surface area contributed by atoms with Gasteiger partial charge < -0.3 is 9.80 Å². The van der Waals surface area contributed by atoms with Crippen LogP contribution in [0.5, 0.6) is 0 Å². The molecule has 80 valence electrons. The van der Waals surface area contributed by atoms with Crippen LogP contribution in [0, 0.1) is 5.92 Å². The van der Waals surface area contributed by atoms with Crippen LogP contribution in [0.1, 0.15) is 12.8 Å². The lowest BCUT2D eigenvalue weighted by molar-refractivity contribution is -0.127. The first kappa shape index (κ1) is 9.93. The fraction of sp³-hybridized carbons (Fsp3) is 0.900. The Hall–Kier alpha value is -0.610. The molecule has 1 atom stereocenters. The largest absolute Gasteiger partial charge is 0.328 e. The molecule has 0 aromatic rings. The molecule has 0 saturated carbocycles. The Kier molecular flexibility index (Phi) is 3.03. The molecule has 0 spiro atoms. The molecule has 0 aliphatic carbocycles. The number of rotatable bonds is 2. The number of piperidine rings is 1. The summed E-state index contributed by atoms with van der Waals surface area (Å²) in [4.78, 5) is 15.7. The summed E-state index contributed by atoms with van der Waals surface area (Å²) >= 11 is 0. The van der Waals surface area contributed by atoms with Crippen LogP contribution in [0.25, 0.3) is 0 Å². The second-order valence-corrected chi connectivity index (χ2v) is 4.47. The first-order valence-corrected chi connectivity index (χ1v) is 5.43. The fourth-order valence-electron chi connectivity index (χ4n) is 2.40. The Morgan fingerprint density at radius 2 is 2.43 bits per heavy atom. The summed E-state index contributed by atoms with van der Waals surface area (Å²) in [7, 11) is 2.16. The smallest absolute Gasteiger partial charge is 0.237 e. The highest BCUT2D eigenvalue weighted by Gasteiger charge is 2.25. The van der Waals surface area contributed by atoms with Crippen molar-refractivity contribution in [3.05, 3.63) is 0 Å². The van der Waals surface area contributed by atoms with Gasteiger partial charge in [-0.15, -0.1) is 0 Å². The number of nitrogens with one attached hydrogen (secondary N) is 1. The number of likely N-dealkylation sites (tertiary alicyclic amines) is 1. The highest BCUT2D eigenvalue weighted by atomic mass is 16.2. The third kappa shape index (κ3) is 2.25. The van der Waals surface area contributed by atoms with Crippen molar-refractivity contribution in [2.45, 2.75) is 12.8 Å². The van der Waals surface area contributed by atoms with Crippen molar-refractivity contribution in [3.63, 3.8) is 0 Å². The third-order valence-electron chi connectivity index (χ3n) is 3.13. The first-order chi connectivity index (χ1) is 6.75. The van der Waals surface area contributed by atoms with Gasteiger partial charge in [0, 0.05) is 13.1 Å². The summed E-state index contributed by atoms with van der Waals surface area (Å²) in [5.41, 5.74) is 0. The fourth-order valence-corrected chi connectivity index (χ4v) is 2.40. The standard InChI is InChI=1S/C10H19N3O/c1-12-4-2-3-9(6-12)7-13-8-11-5-10(13)14/h9,11H,2-8H2,1H3. The predicted molar refractivity (Wildman–Crippen MR) is 54.8 cm³/mol. The zero-order valence-electron chi connectivity index (χ0n) is 8.83. The van der Waals surface area contributed by atoms with Crippen molar-refractivity contribution in [1.82, 2.24) is 15.1 Å². The minimum atomic E-state index is 0.262. The van der Waals surface area contributed by atoms with Crippen LogP contribution in [0.15, 0.2) is 0 Å². The van der Waals surface area contributed by atoms with Gasteiger partial charge in [0.15, 0.2) is 0 Å². The average molecular weight is 197 g/mol. The number of carbonyl (C=O) groups is 1. The number of amides is 1. The third-order valence-corrected chi connectivity index (χ3v) is 3.13. The van der Waals surface area contributed by atoms with Crippen LogP contribution in [0.3, 0.4) is 0 Å². The molecular formula is C10H19N3O. The molecule has 4 heteroatoms. The van der Waals surface area contributed by atoms with E-state index in [-0.39, 0.29) is 5.91 Å². The molecule has 2 fully saturated rings. The molecule has 0 aromatic heterocycles. The lowest BCUT2D eigenvalue weighted by Crippen LogP contribution is -2.40. The van der Waals surface area contributed by atoms with Gasteiger partial charge in [0.25, 0.3) is 0 Å². The molecule has 2 rings (SSSR count). The zero-order valence-corrected chi connectivity index (χ0v) is 8.83. The SMILES string of the molecule is CN1CCCC(CN2CNCC2=O)C1. The van der Waals surface area contributed by atoms with Crippen LogP contribution in [0.2, 0.25) is 0 Å². The maximum atomic E-state index is 11.4. The van der Waals surface area contributed by atoms with Crippen LogP contribution < -0.4 is 5.32 Å². The summed E-state index contributed by atoms with van der Waals surface area (Å²) < 4.78 is 0. The van der Waals surface area contributed by atoms with E-state index in [9.17, 15) is 4.79 Å². The Morgan fingerprint density at radius 1 is 1.57 bits per heavy atom. The van der Waals surface area contributed by atoms with Crippen molar-refractivity contribution in [3.8, 4) is 0 Å². The van der Waals surface area contributed by atoms with Gasteiger partial charge in [0.2, 0.25) is 5.91 Å². The van der Waals surface area contributed by atoms with Crippen LogP contribution in [-0.4, -0.2) is 55.6 Å². The van der Waals surface area contributed by atoms with E-state index < -0.39 is 0 Å². The lowest BCUT2D eigenvalue weighted by Gasteiger charge is -2.32. The Bertz CT molecular complexity index is 219. The van der Waals surface area contributed by atoms with Gasteiger partial charge in [0.05, 0.1) is 13.2 Å². The van der Waals surface area contributed by atoms with Crippen molar-refractivity contribution in [2.75, 3.05) is 39.9 Å². The van der Waals surface area contributed by atoms with E-state index in [1.54, 1.807) is 0 Å². The molecule has 1 amide bonds. The molecule has 0 radical (unpaired) electrons. The normalized spacial score (nSPS) is 29.9. The summed E-state index contributed by atoms with van der Waals surface area (Å²) in [6.07, 6.45) is 2.55. The highest BCUT2D eigenvalue weighted by Crippen LogP contribution is 2.16. The number of carbonyl (C=O) groups excluding carboxylic acids is 1. The van der Waals surface area contributed by atoms with Crippen LogP contribution in [-0.2, 0) is 4.79 Å². The van der Waals surface area contributed by atoms with E-state index >= 15 is 0 Å². The molecule has 1 N–H and O–H groups in total. The number of hydrogen-bond donors (Lipinski definition) is 1. The van der Waals surface area contributed by atoms with Gasteiger partial charge in [-0.3, -0.25) is 10.1 Å². The molecule has 4 nitrogen and oxygen atoms in total. The maximum absolute atomic E-state index is 11.4. The van der Waals surface area contributed by atoms with E-state index in [0.717, 1.165) is 19.8 Å². The van der Waals surface area contributed by atoms with Gasteiger partial charge in [-0.1, -0.05) is 0 Å². The van der Waals surface area contributed by atoms with Crippen molar-refractivity contribution < 1.29 is 4.79 Å². The van der Waals surface area contributed by atoms with E-state index in [1.165, 1.54) is 19.4 Å². The van der Waals surface area contributed by atoms with Crippen LogP contribution >= 0.6 is 0 Å². The number of nitrogens with zero attached hydrogens (tertiary/aromatic N) is 2. The van der Waals surface area contributed by atoms with Gasteiger partial charge in [-0.05, 0) is 32.4 Å². The molecule has 0 aromatic carbocycles. The molecule has 14 heavy (non-hydrogen) atoms. The second-order valence-electron chi connectivity index (χ2n) is 4.47. The van der Waals surface area contributed by atoms with Crippen molar-refractivity contribution >= 4 is 5.91 Å². The van der Waals surface area contributed by atoms with E-state index in [0.29, 0.717) is 12.5 Å². The summed E-state index contributed by atoms with van der Waals surface area (Å²) in [6.45, 7) is 4.57. The Labute approximate surface area is 85.2 Å². The maximum Gasteiger partial charge on any atom is 0.237 e. The second kappa shape index (κ2) is 4.28. The average Bonchev–Trinajstić information content (AvgIpc) is 2.52. The summed E-state index contributed by atoms with van der Waals surface area (Å²) in [5, 5.41) is 3.09. The monoisotopic (exact) mass is 197 g/mol. The van der Waals surface area contributed by atoms with Crippen molar-refractivity contribution in [1.29, 1.82) is 0 Å². The zero-order chi connectivity index (χ0) is 9.97. The molecule has 2 aliphatic rings. The molecule has 2 heterocycles. The summed E-state index contributed by atoms with van der Waals surface area (Å²) in [5.74, 6) is 0.941. The molecule has 1 unspecified atom stereocenters. The number of hydrogen-bond acceptors (Lipinski definition) is 3. The molecule has 0 bridgehead atoms. The highest BCUT2D eigenvalue weighted by molar-refractivity contribution is 5.79.